The Balaban J connectivity index is 0.000000503. The number of piperidine rings is 1. The van der Waals surface area contributed by atoms with Gasteiger partial charge in [0.05, 0.1) is 12.2 Å². The van der Waals surface area contributed by atoms with Crippen LogP contribution in [0, 0.1) is 13.8 Å². The third-order valence-corrected chi connectivity index (χ3v) is 5.92. The number of unbranched alkanes of at least 4 members (excludes halogenated alkanes) is 1. The summed E-state index contributed by atoms with van der Waals surface area (Å²) in [4.78, 5) is 17.7. The Kier molecular flexibility index (Phi) is 15.6. The van der Waals surface area contributed by atoms with E-state index in [1.165, 1.54) is 36.6 Å². The molecule has 0 aromatic carbocycles. The molecular weight excluding hydrogens is 390 g/mol. The first kappa shape index (κ1) is 29.6. The average Bonchev–Trinajstić information content (AvgIpc) is 3.06. The van der Waals surface area contributed by atoms with Crippen molar-refractivity contribution in [3.8, 4) is 0 Å². The van der Waals surface area contributed by atoms with E-state index in [2.05, 4.69) is 67.4 Å². The van der Waals surface area contributed by atoms with Gasteiger partial charge in [-0.25, -0.2) is 0 Å². The molecule has 0 amide bonds. The molecule has 0 unspecified atom stereocenters. The molecule has 1 aromatic heterocycles. The fourth-order valence-corrected chi connectivity index (χ4v) is 3.56. The predicted molar refractivity (Wildman–Crippen MR) is 131 cm³/mol. The molecule has 2 N–H and O–H groups in total. The molecule has 0 aliphatic carbocycles. The fourth-order valence-electron chi connectivity index (χ4n) is 3.56. The molecular formula is C25H49N3O3. The molecule has 6 nitrogen and oxygen atoms in total. The number of carbonyl (C=O) groups is 1. The van der Waals surface area contributed by atoms with Crippen molar-refractivity contribution in [1.82, 2.24) is 14.8 Å². The molecule has 2 heterocycles. The molecule has 2 rings (SSSR count). The molecule has 1 aliphatic rings. The van der Waals surface area contributed by atoms with E-state index in [1.807, 2.05) is 0 Å². The van der Waals surface area contributed by atoms with E-state index in [1.54, 1.807) is 6.92 Å². The van der Waals surface area contributed by atoms with Crippen molar-refractivity contribution in [3.63, 3.8) is 0 Å². The topological polar surface area (TPSA) is 68.8 Å². The van der Waals surface area contributed by atoms with Crippen molar-refractivity contribution >= 4 is 5.97 Å². The van der Waals surface area contributed by atoms with E-state index < -0.39 is 5.60 Å². The van der Waals surface area contributed by atoms with Crippen LogP contribution in [-0.4, -0.2) is 77.8 Å². The maximum Gasteiger partial charge on any atom is 0.302 e. The summed E-state index contributed by atoms with van der Waals surface area (Å²) in [7, 11) is 2.13. The predicted octanol–water partition coefficient (Wildman–Crippen LogP) is 4.33. The summed E-state index contributed by atoms with van der Waals surface area (Å²) in [6.45, 7) is 19.6. The van der Waals surface area contributed by atoms with E-state index >= 15 is 0 Å². The second-order valence-electron chi connectivity index (χ2n) is 8.60. The Morgan fingerprint density at radius 1 is 1.23 bits per heavy atom. The molecule has 1 fully saturated rings. The van der Waals surface area contributed by atoms with E-state index in [9.17, 15) is 9.90 Å². The summed E-state index contributed by atoms with van der Waals surface area (Å²) in [6.07, 6.45) is 7.49. The van der Waals surface area contributed by atoms with E-state index in [0.29, 0.717) is 6.61 Å². The number of aromatic nitrogens is 1. The Hall–Kier alpha value is -1.37. The first-order valence-corrected chi connectivity index (χ1v) is 12.0. The lowest BCUT2D eigenvalue weighted by Crippen LogP contribution is -2.50. The molecule has 1 aromatic rings. The lowest BCUT2D eigenvalue weighted by atomic mass is 9.91. The average molecular weight is 440 g/mol. The zero-order valence-electron chi connectivity index (χ0n) is 21.5. The normalized spacial score (nSPS) is 15.5. The van der Waals surface area contributed by atoms with Gasteiger partial charge < -0.3 is 24.6 Å². The fraction of sp³-hybridized carbons (Fsp3) is 0.800. The minimum Gasteiger partial charge on any atom is -0.466 e. The molecule has 31 heavy (non-hydrogen) atoms. The number of hydrogen-bond donors (Lipinski definition) is 2. The Morgan fingerprint density at radius 2 is 1.84 bits per heavy atom. The lowest BCUT2D eigenvalue weighted by molar-refractivity contribution is -0.140. The highest BCUT2D eigenvalue weighted by atomic mass is 16.5. The first-order valence-electron chi connectivity index (χ1n) is 12.0. The van der Waals surface area contributed by atoms with Crippen LogP contribution in [0.15, 0.2) is 6.20 Å². The van der Waals surface area contributed by atoms with Gasteiger partial charge in [-0.1, -0.05) is 27.2 Å². The van der Waals surface area contributed by atoms with Gasteiger partial charge in [-0.3, -0.25) is 4.79 Å². The number of H-pyrrole nitrogens is 1. The van der Waals surface area contributed by atoms with Crippen LogP contribution in [0.2, 0.25) is 0 Å². The number of ether oxygens (including phenoxy) is 1. The Labute approximate surface area is 191 Å². The van der Waals surface area contributed by atoms with Crippen LogP contribution >= 0.6 is 0 Å². The van der Waals surface area contributed by atoms with Gasteiger partial charge in [-0.05, 0) is 77.7 Å². The van der Waals surface area contributed by atoms with E-state index in [0.717, 1.165) is 52.0 Å². The number of rotatable bonds is 8. The van der Waals surface area contributed by atoms with Crippen molar-refractivity contribution < 1.29 is 14.6 Å². The number of nitrogens with one attached hydrogen (secondary N) is 1. The van der Waals surface area contributed by atoms with Gasteiger partial charge in [-0.2, -0.15) is 0 Å². The quantitative estimate of drug-likeness (QED) is 0.590. The SMILES string of the molecule is CCCCN(CC)CC1(O)CCN(C)CC1.CCOC(C)=O.CCc1[nH]cc(C)c1C. The lowest BCUT2D eigenvalue weighted by Gasteiger charge is -2.39. The number of carbonyl (C=O) groups excluding carboxylic acids is 1. The summed E-state index contributed by atoms with van der Waals surface area (Å²) in [5.41, 5.74) is 3.72. The summed E-state index contributed by atoms with van der Waals surface area (Å²) in [5.74, 6) is -0.211. The number of likely N-dealkylation sites (N-methyl/N-ethyl adjacent to an activating group) is 1. The maximum atomic E-state index is 10.5. The first-order chi connectivity index (χ1) is 14.6. The minimum atomic E-state index is -0.434. The summed E-state index contributed by atoms with van der Waals surface area (Å²) in [5, 5.41) is 10.5. The molecule has 0 atom stereocenters. The Bertz CT molecular complexity index is 593. The van der Waals surface area contributed by atoms with Crippen LogP contribution < -0.4 is 0 Å². The van der Waals surface area contributed by atoms with Crippen molar-refractivity contribution in [2.45, 2.75) is 86.2 Å². The zero-order chi connectivity index (χ0) is 23.9. The van der Waals surface area contributed by atoms with Crippen LogP contribution in [0.25, 0.3) is 0 Å². The van der Waals surface area contributed by atoms with Gasteiger partial charge in [0.2, 0.25) is 0 Å². The van der Waals surface area contributed by atoms with Gasteiger partial charge in [0.15, 0.2) is 0 Å². The number of esters is 1. The summed E-state index contributed by atoms with van der Waals surface area (Å²) >= 11 is 0. The third kappa shape index (κ3) is 12.9. The maximum absolute atomic E-state index is 10.5. The second-order valence-corrected chi connectivity index (χ2v) is 8.60. The van der Waals surface area contributed by atoms with Crippen LogP contribution in [-0.2, 0) is 16.0 Å². The highest BCUT2D eigenvalue weighted by molar-refractivity contribution is 5.65. The van der Waals surface area contributed by atoms with E-state index in [4.69, 9.17) is 0 Å². The van der Waals surface area contributed by atoms with Gasteiger partial charge in [0.1, 0.15) is 0 Å². The smallest absolute Gasteiger partial charge is 0.302 e. The minimum absolute atomic E-state index is 0.211. The highest BCUT2D eigenvalue weighted by Gasteiger charge is 2.32. The molecule has 1 aliphatic heterocycles. The molecule has 1 saturated heterocycles. The molecule has 0 saturated carbocycles. The van der Waals surface area contributed by atoms with Gasteiger partial charge in [-0.15, -0.1) is 0 Å². The van der Waals surface area contributed by atoms with Crippen LogP contribution in [0.3, 0.4) is 0 Å². The highest BCUT2D eigenvalue weighted by Crippen LogP contribution is 2.22. The molecule has 0 spiro atoms. The summed E-state index contributed by atoms with van der Waals surface area (Å²) < 4.78 is 4.40. The molecule has 182 valence electrons. The number of likely N-dealkylation sites (tertiary alicyclic amines) is 1. The van der Waals surface area contributed by atoms with Crippen molar-refractivity contribution in [2.75, 3.05) is 46.4 Å². The van der Waals surface area contributed by atoms with Crippen molar-refractivity contribution in [3.05, 3.63) is 23.0 Å². The number of aromatic amines is 1. The van der Waals surface area contributed by atoms with Crippen LogP contribution in [0.5, 0.6) is 0 Å². The van der Waals surface area contributed by atoms with Crippen molar-refractivity contribution in [2.24, 2.45) is 0 Å². The largest absolute Gasteiger partial charge is 0.466 e. The molecule has 6 heteroatoms. The summed E-state index contributed by atoms with van der Waals surface area (Å²) in [6, 6.07) is 0. The number of hydrogen-bond acceptors (Lipinski definition) is 5. The standard InChI is InChI=1S/C13H28N2O.C8H13N.C4H8O2/c1-4-6-9-15(5-2)12-13(16)7-10-14(3)11-8-13;1-4-8-7(3)6(2)5-9-8;1-3-6-4(2)5/h16H,4-12H2,1-3H3;5,9H,4H2,1-3H3;3H2,1-2H3. The number of aryl methyl sites for hydroxylation is 2. The van der Waals surface area contributed by atoms with Gasteiger partial charge in [0, 0.05) is 38.4 Å². The number of nitrogens with zero attached hydrogens (tertiary/aromatic N) is 2. The van der Waals surface area contributed by atoms with E-state index in [-0.39, 0.29) is 5.97 Å². The van der Waals surface area contributed by atoms with Gasteiger partial charge >= 0.3 is 5.97 Å². The number of aliphatic hydroxyl groups is 1. The molecule has 0 bridgehead atoms. The molecule has 0 radical (unpaired) electrons. The van der Waals surface area contributed by atoms with Gasteiger partial charge in [0.25, 0.3) is 0 Å². The van der Waals surface area contributed by atoms with Crippen LogP contribution in [0.1, 0.15) is 77.1 Å². The van der Waals surface area contributed by atoms with Crippen molar-refractivity contribution in [1.29, 1.82) is 0 Å². The van der Waals surface area contributed by atoms with Crippen LogP contribution in [0.4, 0.5) is 0 Å². The third-order valence-electron chi connectivity index (χ3n) is 5.92. The monoisotopic (exact) mass is 439 g/mol. The Morgan fingerprint density at radius 3 is 2.16 bits per heavy atom. The second kappa shape index (κ2) is 16.3. The zero-order valence-corrected chi connectivity index (χ0v) is 21.5.